The topological polar surface area (TPSA) is 75.6 Å². The maximum Gasteiger partial charge on any atom is 0.335 e. The van der Waals surface area contributed by atoms with Crippen molar-refractivity contribution in [2.45, 2.75) is 12.5 Å². The molecule has 5 nitrogen and oxygen atoms in total. The molecule has 2 N–H and O–H groups in total. The summed E-state index contributed by atoms with van der Waals surface area (Å²) in [6.45, 7) is 0. The van der Waals surface area contributed by atoms with Crippen molar-refractivity contribution in [1.29, 1.82) is 0 Å². The van der Waals surface area contributed by atoms with Crippen LogP contribution in [0.2, 0.25) is 0 Å². The van der Waals surface area contributed by atoms with Crippen LogP contribution >= 0.6 is 0 Å². The number of nitrogens with one attached hydrogen (secondary N) is 1. The van der Waals surface area contributed by atoms with Crippen molar-refractivity contribution in [2.75, 3.05) is 7.11 Å². The molecule has 0 aliphatic rings. The molecule has 0 bridgehead atoms. The molecule has 3 rings (SSSR count). The van der Waals surface area contributed by atoms with Crippen molar-refractivity contribution in [3.05, 3.63) is 101 Å². The Morgan fingerprint density at radius 2 is 1.57 bits per heavy atom. The molecule has 0 heterocycles. The third-order valence-electron chi connectivity index (χ3n) is 4.45. The predicted octanol–water partition coefficient (Wildman–Crippen LogP) is 3.84. The van der Waals surface area contributed by atoms with E-state index in [4.69, 9.17) is 9.84 Å². The van der Waals surface area contributed by atoms with Crippen LogP contribution in [0.25, 0.3) is 0 Å². The van der Waals surface area contributed by atoms with Crippen molar-refractivity contribution in [3.8, 4) is 5.75 Å². The number of amides is 1. The van der Waals surface area contributed by atoms with Crippen molar-refractivity contribution in [3.63, 3.8) is 0 Å². The van der Waals surface area contributed by atoms with E-state index in [0.717, 1.165) is 16.7 Å². The number of carboxylic acids is 1. The number of para-hydroxylation sites is 1. The van der Waals surface area contributed by atoms with Crippen LogP contribution in [-0.2, 0) is 11.2 Å². The fraction of sp³-hybridized carbons (Fsp3) is 0.130. The molecule has 0 radical (unpaired) electrons. The summed E-state index contributed by atoms with van der Waals surface area (Å²) in [4.78, 5) is 23.7. The molecule has 1 amide bonds. The van der Waals surface area contributed by atoms with Crippen LogP contribution in [0.1, 0.15) is 33.1 Å². The Morgan fingerprint density at radius 1 is 0.929 bits per heavy atom. The standard InChI is InChI=1S/C23H21NO4/c1-28-20-10-6-5-9-19(20)22(17-7-3-2-4-8-17)24-21(25)15-16-11-13-18(14-12-16)23(26)27/h2-14,22H,15H2,1H3,(H,24,25)(H,26,27). The summed E-state index contributed by atoms with van der Waals surface area (Å²) in [6, 6.07) is 23.2. The zero-order valence-electron chi connectivity index (χ0n) is 15.5. The van der Waals surface area contributed by atoms with Gasteiger partial charge in [-0.05, 0) is 29.3 Å². The highest BCUT2D eigenvalue weighted by molar-refractivity contribution is 5.87. The van der Waals surface area contributed by atoms with E-state index >= 15 is 0 Å². The maximum atomic E-state index is 12.7. The molecule has 1 atom stereocenters. The number of hydrogen-bond donors (Lipinski definition) is 2. The summed E-state index contributed by atoms with van der Waals surface area (Å²) >= 11 is 0. The molecule has 0 aliphatic carbocycles. The third kappa shape index (κ3) is 4.57. The second-order valence-corrected chi connectivity index (χ2v) is 6.33. The molecule has 0 aromatic heterocycles. The van der Waals surface area contributed by atoms with Crippen molar-refractivity contribution in [1.82, 2.24) is 5.32 Å². The molecular formula is C23H21NO4. The van der Waals surface area contributed by atoms with Gasteiger partial charge in [0.05, 0.1) is 25.1 Å². The van der Waals surface area contributed by atoms with Gasteiger partial charge in [-0.15, -0.1) is 0 Å². The van der Waals surface area contributed by atoms with E-state index < -0.39 is 5.97 Å². The minimum absolute atomic E-state index is 0.151. The molecular weight excluding hydrogens is 354 g/mol. The first-order valence-electron chi connectivity index (χ1n) is 8.88. The fourth-order valence-corrected chi connectivity index (χ4v) is 3.05. The van der Waals surface area contributed by atoms with Crippen molar-refractivity contribution in [2.24, 2.45) is 0 Å². The first-order valence-corrected chi connectivity index (χ1v) is 8.88. The van der Waals surface area contributed by atoms with Gasteiger partial charge in [0, 0.05) is 5.56 Å². The van der Waals surface area contributed by atoms with Crippen LogP contribution in [0.5, 0.6) is 5.75 Å². The second kappa shape index (κ2) is 8.86. The molecule has 1 unspecified atom stereocenters. The van der Waals surface area contributed by atoms with E-state index in [0.29, 0.717) is 5.75 Å². The molecule has 5 heteroatoms. The average Bonchev–Trinajstić information content (AvgIpc) is 2.73. The number of ether oxygens (including phenoxy) is 1. The third-order valence-corrected chi connectivity index (χ3v) is 4.45. The second-order valence-electron chi connectivity index (χ2n) is 6.33. The molecule has 142 valence electrons. The lowest BCUT2D eigenvalue weighted by Crippen LogP contribution is -2.30. The normalized spacial score (nSPS) is 11.5. The molecule has 3 aromatic rings. The largest absolute Gasteiger partial charge is 0.496 e. The van der Waals surface area contributed by atoms with Crippen LogP contribution in [0.3, 0.4) is 0 Å². The lowest BCUT2D eigenvalue weighted by Gasteiger charge is -2.22. The molecule has 0 spiro atoms. The van der Waals surface area contributed by atoms with Crippen LogP contribution in [0, 0.1) is 0 Å². The number of benzene rings is 3. The monoisotopic (exact) mass is 375 g/mol. The first kappa shape index (κ1) is 19.2. The number of carbonyl (C=O) groups is 2. The molecule has 0 aliphatic heterocycles. The van der Waals surface area contributed by atoms with E-state index in [1.165, 1.54) is 12.1 Å². The quantitative estimate of drug-likeness (QED) is 0.658. The lowest BCUT2D eigenvalue weighted by molar-refractivity contribution is -0.120. The Hall–Kier alpha value is -3.60. The van der Waals surface area contributed by atoms with Gasteiger partial charge in [0.1, 0.15) is 5.75 Å². The average molecular weight is 375 g/mol. The SMILES string of the molecule is COc1ccccc1C(NC(=O)Cc1ccc(C(=O)O)cc1)c1ccccc1. The molecule has 0 saturated heterocycles. The Morgan fingerprint density at radius 3 is 2.21 bits per heavy atom. The van der Waals surface area contributed by atoms with Crippen LogP contribution < -0.4 is 10.1 Å². The molecule has 0 fully saturated rings. The Bertz CT molecular complexity index is 952. The Balaban J connectivity index is 1.83. The smallest absolute Gasteiger partial charge is 0.335 e. The summed E-state index contributed by atoms with van der Waals surface area (Å²) in [5, 5.41) is 12.1. The lowest BCUT2D eigenvalue weighted by atomic mass is 9.97. The van der Waals surface area contributed by atoms with Gasteiger partial charge in [-0.2, -0.15) is 0 Å². The number of rotatable bonds is 7. The first-order chi connectivity index (χ1) is 13.6. The van der Waals surface area contributed by atoms with Gasteiger partial charge in [0.25, 0.3) is 0 Å². The Labute approximate surface area is 163 Å². The van der Waals surface area contributed by atoms with E-state index in [9.17, 15) is 9.59 Å². The van der Waals surface area contributed by atoms with Crippen LogP contribution in [0.4, 0.5) is 0 Å². The van der Waals surface area contributed by atoms with E-state index in [-0.39, 0.29) is 23.9 Å². The van der Waals surface area contributed by atoms with Crippen molar-refractivity contribution < 1.29 is 19.4 Å². The number of methoxy groups -OCH3 is 1. The minimum atomic E-state index is -0.990. The maximum absolute atomic E-state index is 12.7. The van der Waals surface area contributed by atoms with Gasteiger partial charge in [0.2, 0.25) is 5.91 Å². The van der Waals surface area contributed by atoms with Crippen LogP contribution in [-0.4, -0.2) is 24.1 Å². The van der Waals surface area contributed by atoms with E-state index in [2.05, 4.69) is 5.32 Å². The van der Waals surface area contributed by atoms with Gasteiger partial charge in [-0.1, -0.05) is 60.7 Å². The zero-order chi connectivity index (χ0) is 19.9. The minimum Gasteiger partial charge on any atom is -0.496 e. The number of carbonyl (C=O) groups excluding carboxylic acids is 1. The zero-order valence-corrected chi connectivity index (χ0v) is 15.5. The number of hydrogen-bond acceptors (Lipinski definition) is 3. The number of aromatic carboxylic acids is 1. The van der Waals surface area contributed by atoms with E-state index in [1.807, 2.05) is 54.6 Å². The predicted molar refractivity (Wildman–Crippen MR) is 107 cm³/mol. The summed E-state index contributed by atoms with van der Waals surface area (Å²) in [5.41, 5.74) is 2.75. The molecule has 3 aromatic carbocycles. The van der Waals surface area contributed by atoms with Gasteiger partial charge in [0.15, 0.2) is 0 Å². The highest BCUT2D eigenvalue weighted by atomic mass is 16.5. The Kier molecular flexibility index (Phi) is 6.07. The van der Waals surface area contributed by atoms with Gasteiger partial charge < -0.3 is 15.2 Å². The van der Waals surface area contributed by atoms with Crippen molar-refractivity contribution >= 4 is 11.9 Å². The molecule has 28 heavy (non-hydrogen) atoms. The summed E-state index contributed by atoms with van der Waals surface area (Å²) in [6.07, 6.45) is 0.151. The molecule has 0 saturated carbocycles. The van der Waals surface area contributed by atoms with Crippen LogP contribution in [0.15, 0.2) is 78.9 Å². The summed E-state index contributed by atoms with van der Waals surface area (Å²) in [7, 11) is 1.60. The van der Waals surface area contributed by atoms with Gasteiger partial charge in [-0.3, -0.25) is 4.79 Å². The van der Waals surface area contributed by atoms with Gasteiger partial charge in [-0.25, -0.2) is 4.79 Å². The fourth-order valence-electron chi connectivity index (χ4n) is 3.05. The number of carboxylic acid groups (broad SMARTS) is 1. The van der Waals surface area contributed by atoms with Gasteiger partial charge >= 0.3 is 5.97 Å². The highest BCUT2D eigenvalue weighted by Gasteiger charge is 2.20. The summed E-state index contributed by atoms with van der Waals surface area (Å²) < 4.78 is 5.48. The van der Waals surface area contributed by atoms with E-state index in [1.54, 1.807) is 19.2 Å². The highest BCUT2D eigenvalue weighted by Crippen LogP contribution is 2.29. The summed E-state index contributed by atoms with van der Waals surface area (Å²) in [5.74, 6) is -0.457.